The number of nitrogens with zero attached hydrogens (tertiary/aromatic N) is 2. The zero-order valence-corrected chi connectivity index (χ0v) is 32.8. The molecule has 0 spiro atoms. The topological polar surface area (TPSA) is 99.2 Å². The first-order chi connectivity index (χ1) is 23.3. The molecule has 4 heterocycles. The van der Waals surface area contributed by atoms with Crippen LogP contribution in [0.25, 0.3) is 33.6 Å². The number of H-pyrrole nitrogens is 2. The third-order valence-electron chi connectivity index (χ3n) is 7.64. The number of rotatable bonds is 9. The van der Waals surface area contributed by atoms with Crippen molar-refractivity contribution in [1.29, 1.82) is 0 Å². The monoisotopic (exact) mass is 818 g/mol. The summed E-state index contributed by atoms with van der Waals surface area (Å²) in [5, 5.41) is 0. The second-order valence-electron chi connectivity index (χ2n) is 11.3. The summed E-state index contributed by atoms with van der Waals surface area (Å²) in [5.74, 6) is 0. The number of hydrogen-bond donors (Lipinski definition) is 0. The van der Waals surface area contributed by atoms with Crippen molar-refractivity contribution in [3.63, 3.8) is 0 Å². The minimum atomic E-state index is -4.15. The molecule has 0 saturated carbocycles. The standard InChI is InChI=1S/2C19H19N2.C2H7O3P.2BrH/c2*1-2-4-16-5-3-6-19(15-16)21-13-9-18(10-14-21)17-7-11-20-12-8-17;1-2-6(3,4)5;;/h2*3,5-15H,2,4H2,1H3;2H2,1H3,(H2,3,4,5);2*1H/q2*+1;;;/p-2. The van der Waals surface area contributed by atoms with Gasteiger partial charge in [-0.15, -0.1) is 0 Å². The van der Waals surface area contributed by atoms with Crippen LogP contribution in [0.4, 0.5) is 0 Å². The van der Waals surface area contributed by atoms with Crippen LogP contribution in [0, 0.1) is 0 Å². The Bertz CT molecular complexity index is 1750. The molecule has 6 rings (SSSR count). The van der Waals surface area contributed by atoms with Crippen LogP contribution < -0.4 is 62.9 Å². The van der Waals surface area contributed by atoms with Crippen LogP contribution in [0.3, 0.4) is 0 Å². The van der Waals surface area contributed by atoms with E-state index in [1.807, 2.05) is 24.8 Å². The van der Waals surface area contributed by atoms with Crippen molar-refractivity contribution < 1.29 is 67.4 Å². The molecule has 0 radical (unpaired) electrons. The van der Waals surface area contributed by atoms with Gasteiger partial charge < -0.3 is 48.3 Å². The van der Waals surface area contributed by atoms with E-state index in [0.29, 0.717) is 0 Å². The van der Waals surface area contributed by atoms with Gasteiger partial charge in [-0.3, -0.25) is 0 Å². The summed E-state index contributed by atoms with van der Waals surface area (Å²) in [6.07, 6.45) is 20.6. The lowest BCUT2D eigenvalue weighted by Gasteiger charge is -2.26. The second kappa shape index (κ2) is 22.1. The van der Waals surface area contributed by atoms with E-state index in [9.17, 15) is 14.4 Å². The summed E-state index contributed by atoms with van der Waals surface area (Å²) >= 11 is 0. The summed E-state index contributed by atoms with van der Waals surface area (Å²) < 4.78 is 13.8. The summed E-state index contributed by atoms with van der Waals surface area (Å²) in [7, 11) is -4.15. The Hall–Kier alpha value is -3.85. The molecule has 2 aromatic carbocycles. The number of benzene rings is 2. The minimum Gasteiger partial charge on any atom is -1.00 e. The highest BCUT2D eigenvalue weighted by molar-refractivity contribution is 7.48. The summed E-state index contributed by atoms with van der Waals surface area (Å²) in [5.41, 5.74) is 10.1. The van der Waals surface area contributed by atoms with Crippen molar-refractivity contribution in [2.24, 2.45) is 0 Å². The van der Waals surface area contributed by atoms with Gasteiger partial charge in [0, 0.05) is 72.8 Å². The molecular weight excluding hydrogens is 775 g/mol. The van der Waals surface area contributed by atoms with Gasteiger partial charge in [-0.1, -0.05) is 65.5 Å². The maximum atomic E-state index is 9.47. The highest BCUT2D eigenvalue weighted by Crippen LogP contribution is 2.20. The predicted molar refractivity (Wildman–Crippen MR) is 186 cm³/mol. The van der Waals surface area contributed by atoms with Crippen molar-refractivity contribution in [2.75, 3.05) is 6.16 Å². The summed E-state index contributed by atoms with van der Waals surface area (Å²) in [4.78, 5) is 25.0. The predicted octanol–water partition coefficient (Wildman–Crippen LogP) is -0.278. The van der Waals surface area contributed by atoms with E-state index in [2.05, 4.69) is 155 Å². The van der Waals surface area contributed by atoms with Gasteiger partial charge in [0.1, 0.15) is 0 Å². The first-order valence-electron chi connectivity index (χ1n) is 16.4. The number of nitrogens with one attached hydrogen (secondary N) is 2. The molecule has 50 heavy (non-hydrogen) atoms. The molecule has 0 amide bonds. The lowest BCUT2D eigenvalue weighted by atomic mass is 10.1. The molecule has 0 bridgehead atoms. The highest BCUT2D eigenvalue weighted by atomic mass is 79.9. The van der Waals surface area contributed by atoms with E-state index in [0.717, 1.165) is 12.8 Å². The van der Waals surface area contributed by atoms with Crippen molar-refractivity contribution in [3.05, 3.63) is 158 Å². The first-order valence-corrected chi connectivity index (χ1v) is 18.2. The zero-order valence-electron chi connectivity index (χ0n) is 28.7. The molecule has 262 valence electrons. The van der Waals surface area contributed by atoms with E-state index in [1.54, 1.807) is 0 Å². The van der Waals surface area contributed by atoms with Gasteiger partial charge in [0.2, 0.25) is 11.4 Å². The maximum Gasteiger partial charge on any atom is 0.210 e. The van der Waals surface area contributed by atoms with Crippen LogP contribution in [-0.2, 0) is 17.4 Å². The molecular formula is C40H45Br2N4O3P. The maximum absolute atomic E-state index is 9.47. The van der Waals surface area contributed by atoms with Gasteiger partial charge in [-0.25, -0.2) is 9.97 Å². The summed E-state index contributed by atoms with van der Waals surface area (Å²) in [6.45, 7) is 5.75. The molecule has 6 aromatic rings. The van der Waals surface area contributed by atoms with E-state index in [1.165, 1.54) is 64.5 Å². The normalized spacial score (nSPS) is 10.3. The van der Waals surface area contributed by atoms with Crippen LogP contribution in [0.5, 0.6) is 0 Å². The second-order valence-corrected chi connectivity index (χ2v) is 13.2. The number of aromatic nitrogens is 4. The molecule has 2 N–H and O–H groups in total. The van der Waals surface area contributed by atoms with E-state index in [-0.39, 0.29) is 40.1 Å². The third-order valence-corrected chi connectivity index (χ3v) is 8.42. The average Bonchev–Trinajstić information content (AvgIpc) is 3.13. The van der Waals surface area contributed by atoms with E-state index < -0.39 is 7.60 Å². The Morgan fingerprint density at radius 3 is 1.16 bits per heavy atom. The van der Waals surface area contributed by atoms with Crippen LogP contribution >= 0.6 is 7.60 Å². The quantitative estimate of drug-likeness (QED) is 0.149. The van der Waals surface area contributed by atoms with Gasteiger partial charge in [-0.2, -0.15) is 9.13 Å². The smallest absolute Gasteiger partial charge is 0.210 e. The number of halogens is 2. The fourth-order valence-electron chi connectivity index (χ4n) is 5.06. The highest BCUT2D eigenvalue weighted by Gasteiger charge is 2.09. The Balaban J connectivity index is 0.000000289. The molecule has 0 aliphatic carbocycles. The molecule has 0 atom stereocenters. The fourth-order valence-corrected chi connectivity index (χ4v) is 5.06. The van der Waals surface area contributed by atoms with Crippen molar-refractivity contribution in [2.45, 2.75) is 46.5 Å². The molecule has 0 aliphatic heterocycles. The van der Waals surface area contributed by atoms with Crippen LogP contribution in [-0.4, -0.2) is 6.16 Å². The van der Waals surface area contributed by atoms with Crippen molar-refractivity contribution in [1.82, 2.24) is 0 Å². The van der Waals surface area contributed by atoms with Crippen LogP contribution in [0.2, 0.25) is 0 Å². The lowest BCUT2D eigenvalue weighted by molar-refractivity contribution is -0.595. The van der Waals surface area contributed by atoms with E-state index in [4.69, 9.17) is 0 Å². The molecule has 4 aromatic heterocycles. The fraction of sp³-hybridized carbons (Fsp3) is 0.200. The Kier molecular flexibility index (Phi) is 18.7. The lowest BCUT2D eigenvalue weighted by Crippen LogP contribution is -3.00. The van der Waals surface area contributed by atoms with Gasteiger partial charge in [0.05, 0.1) is 0 Å². The number of hydrogen-bond acceptors (Lipinski definition) is 3. The number of aryl methyl sites for hydroxylation is 2. The van der Waals surface area contributed by atoms with E-state index >= 15 is 0 Å². The minimum absolute atomic E-state index is 0. The largest absolute Gasteiger partial charge is 1.00 e. The Labute approximate surface area is 317 Å². The molecule has 0 fully saturated rings. The molecule has 10 heteroatoms. The average molecular weight is 821 g/mol. The number of aromatic amines is 2. The van der Waals surface area contributed by atoms with Gasteiger partial charge in [-0.05, 0) is 52.4 Å². The molecule has 0 unspecified atom stereocenters. The van der Waals surface area contributed by atoms with Crippen LogP contribution in [0.15, 0.2) is 147 Å². The molecule has 7 nitrogen and oxygen atoms in total. The number of pyridine rings is 4. The van der Waals surface area contributed by atoms with Gasteiger partial charge >= 0.3 is 0 Å². The Morgan fingerprint density at radius 2 is 0.860 bits per heavy atom. The van der Waals surface area contributed by atoms with Gasteiger partial charge in [0.25, 0.3) is 0 Å². The van der Waals surface area contributed by atoms with Crippen LogP contribution in [0.1, 0.15) is 44.7 Å². The third kappa shape index (κ3) is 13.8. The molecule has 0 aliphatic rings. The zero-order chi connectivity index (χ0) is 34.2. The SMILES string of the molecule is CCCc1cccc(-[n+]2ccc(-c3cc[nH+]cc3)cc2)c1.CCCc1cccc(-[n+]2ccc(-c3cc[nH+]cc3)cc2)c1.CCP(=O)([O-])[O-].[Br-].[Br-]. The summed E-state index contributed by atoms with van der Waals surface area (Å²) in [6, 6.07) is 34.4. The Morgan fingerprint density at radius 1 is 0.540 bits per heavy atom. The first kappa shape index (κ1) is 42.3. The molecule has 0 saturated heterocycles. The van der Waals surface area contributed by atoms with Crippen molar-refractivity contribution >= 4 is 7.60 Å². The van der Waals surface area contributed by atoms with Gasteiger partial charge in [0.15, 0.2) is 49.6 Å². The van der Waals surface area contributed by atoms with Crippen molar-refractivity contribution in [3.8, 4) is 33.6 Å².